The SMILES string of the molecule is O=C(CNCC1CC1)NCC(=O)N1CCN(Cc2ccccc2)CC1. The van der Waals surface area contributed by atoms with Crippen molar-refractivity contribution in [2.75, 3.05) is 45.8 Å². The van der Waals surface area contributed by atoms with Crippen LogP contribution in [0.2, 0.25) is 0 Å². The molecule has 0 radical (unpaired) electrons. The van der Waals surface area contributed by atoms with Crippen molar-refractivity contribution in [2.45, 2.75) is 19.4 Å². The Labute approximate surface area is 149 Å². The summed E-state index contributed by atoms with van der Waals surface area (Å²) in [5, 5.41) is 5.85. The average molecular weight is 344 g/mol. The molecule has 2 fully saturated rings. The maximum absolute atomic E-state index is 12.2. The van der Waals surface area contributed by atoms with Crippen molar-refractivity contribution in [1.29, 1.82) is 0 Å². The zero-order valence-electron chi connectivity index (χ0n) is 14.7. The molecule has 25 heavy (non-hydrogen) atoms. The fourth-order valence-electron chi connectivity index (χ4n) is 3.06. The number of nitrogens with zero attached hydrogens (tertiary/aromatic N) is 2. The van der Waals surface area contributed by atoms with Crippen LogP contribution in [0.25, 0.3) is 0 Å². The second-order valence-electron chi connectivity index (χ2n) is 6.99. The molecule has 0 aromatic heterocycles. The van der Waals surface area contributed by atoms with Gasteiger partial charge in [0.15, 0.2) is 0 Å². The van der Waals surface area contributed by atoms with Crippen LogP contribution in [0.15, 0.2) is 30.3 Å². The van der Waals surface area contributed by atoms with E-state index in [0.717, 1.165) is 45.2 Å². The van der Waals surface area contributed by atoms with Crippen molar-refractivity contribution in [3.63, 3.8) is 0 Å². The van der Waals surface area contributed by atoms with Crippen LogP contribution < -0.4 is 10.6 Å². The number of rotatable bonds is 8. The van der Waals surface area contributed by atoms with Gasteiger partial charge in [-0.1, -0.05) is 30.3 Å². The second kappa shape index (κ2) is 8.97. The summed E-state index contributed by atoms with van der Waals surface area (Å²) in [6, 6.07) is 10.4. The lowest BCUT2D eigenvalue weighted by molar-refractivity contribution is -0.134. The summed E-state index contributed by atoms with van der Waals surface area (Å²) in [4.78, 5) is 28.2. The van der Waals surface area contributed by atoms with E-state index < -0.39 is 0 Å². The van der Waals surface area contributed by atoms with Gasteiger partial charge in [-0.05, 0) is 30.9 Å². The first kappa shape index (κ1) is 17.9. The lowest BCUT2D eigenvalue weighted by Crippen LogP contribution is -2.51. The molecule has 136 valence electrons. The van der Waals surface area contributed by atoms with Crippen LogP contribution in [0.4, 0.5) is 0 Å². The number of benzene rings is 1. The molecule has 0 unspecified atom stereocenters. The second-order valence-corrected chi connectivity index (χ2v) is 6.99. The predicted octanol–water partition coefficient (Wildman–Crippen LogP) is 0.447. The molecule has 0 bridgehead atoms. The van der Waals surface area contributed by atoms with Gasteiger partial charge in [0.25, 0.3) is 0 Å². The summed E-state index contributed by atoms with van der Waals surface area (Å²) in [6.45, 7) is 5.42. The van der Waals surface area contributed by atoms with Gasteiger partial charge < -0.3 is 15.5 Å². The summed E-state index contributed by atoms with van der Waals surface area (Å²) >= 11 is 0. The van der Waals surface area contributed by atoms with E-state index in [1.807, 2.05) is 11.0 Å². The molecule has 1 saturated heterocycles. The molecule has 0 atom stereocenters. The molecule has 1 aromatic rings. The highest BCUT2D eigenvalue weighted by Crippen LogP contribution is 2.27. The standard InChI is InChI=1S/C19H28N4O2/c24-18(13-20-12-16-6-7-16)21-14-19(25)23-10-8-22(9-11-23)15-17-4-2-1-3-5-17/h1-5,16,20H,6-15H2,(H,21,24). The van der Waals surface area contributed by atoms with E-state index in [-0.39, 0.29) is 18.4 Å². The quantitative estimate of drug-likeness (QED) is 0.719. The van der Waals surface area contributed by atoms with Crippen LogP contribution in [0.1, 0.15) is 18.4 Å². The van der Waals surface area contributed by atoms with Crippen LogP contribution in [0.5, 0.6) is 0 Å². The first-order valence-electron chi connectivity index (χ1n) is 9.22. The van der Waals surface area contributed by atoms with Crippen molar-refractivity contribution in [2.24, 2.45) is 5.92 Å². The molecule has 6 heteroatoms. The first-order chi connectivity index (χ1) is 12.2. The number of hydrogen-bond donors (Lipinski definition) is 2. The Balaban J connectivity index is 1.30. The third-order valence-electron chi connectivity index (χ3n) is 4.83. The summed E-state index contributed by atoms with van der Waals surface area (Å²) in [5.41, 5.74) is 1.30. The van der Waals surface area contributed by atoms with Gasteiger partial charge in [-0.25, -0.2) is 0 Å². The van der Waals surface area contributed by atoms with Crippen molar-refractivity contribution < 1.29 is 9.59 Å². The van der Waals surface area contributed by atoms with E-state index >= 15 is 0 Å². The van der Waals surface area contributed by atoms with Gasteiger partial charge >= 0.3 is 0 Å². The summed E-state index contributed by atoms with van der Waals surface area (Å²) in [7, 11) is 0. The Bertz CT molecular complexity index is 566. The van der Waals surface area contributed by atoms with Crippen LogP contribution >= 0.6 is 0 Å². The lowest BCUT2D eigenvalue weighted by Gasteiger charge is -2.34. The van der Waals surface area contributed by atoms with E-state index in [9.17, 15) is 9.59 Å². The minimum atomic E-state index is -0.100. The molecule has 1 aliphatic heterocycles. The molecule has 6 nitrogen and oxygen atoms in total. The molecule has 2 aliphatic rings. The number of hydrogen-bond acceptors (Lipinski definition) is 4. The number of carbonyl (C=O) groups excluding carboxylic acids is 2. The molecular formula is C19H28N4O2. The van der Waals surface area contributed by atoms with Gasteiger partial charge in [0.05, 0.1) is 13.1 Å². The topological polar surface area (TPSA) is 64.7 Å². The van der Waals surface area contributed by atoms with Gasteiger partial charge in [-0.15, -0.1) is 0 Å². The van der Waals surface area contributed by atoms with Gasteiger partial charge in [0.1, 0.15) is 0 Å². The van der Waals surface area contributed by atoms with Crippen LogP contribution in [0.3, 0.4) is 0 Å². The third kappa shape index (κ3) is 6.14. The molecule has 1 aliphatic carbocycles. The molecule has 0 spiro atoms. The Morgan fingerprint density at radius 1 is 1.00 bits per heavy atom. The third-order valence-corrected chi connectivity index (χ3v) is 4.83. The zero-order chi connectivity index (χ0) is 17.5. The van der Waals surface area contributed by atoms with Crippen molar-refractivity contribution in [1.82, 2.24) is 20.4 Å². The predicted molar refractivity (Wildman–Crippen MR) is 96.9 cm³/mol. The van der Waals surface area contributed by atoms with Crippen LogP contribution in [0, 0.1) is 5.92 Å². The van der Waals surface area contributed by atoms with E-state index in [4.69, 9.17) is 0 Å². The van der Waals surface area contributed by atoms with E-state index in [1.165, 1.54) is 18.4 Å². The van der Waals surface area contributed by atoms with E-state index in [0.29, 0.717) is 6.54 Å². The van der Waals surface area contributed by atoms with Crippen LogP contribution in [-0.2, 0) is 16.1 Å². The van der Waals surface area contributed by atoms with Crippen LogP contribution in [-0.4, -0.2) is 67.4 Å². The first-order valence-corrected chi connectivity index (χ1v) is 9.22. The monoisotopic (exact) mass is 344 g/mol. The number of carbonyl (C=O) groups is 2. The highest BCUT2D eigenvalue weighted by molar-refractivity contribution is 5.85. The molecular weight excluding hydrogens is 316 g/mol. The lowest BCUT2D eigenvalue weighted by atomic mass is 10.2. The average Bonchev–Trinajstić information content (AvgIpc) is 3.45. The fourth-order valence-corrected chi connectivity index (χ4v) is 3.06. The number of nitrogens with one attached hydrogen (secondary N) is 2. The summed E-state index contributed by atoms with van der Waals surface area (Å²) in [5.74, 6) is 0.660. The molecule has 3 rings (SSSR count). The van der Waals surface area contributed by atoms with E-state index in [2.05, 4.69) is 39.8 Å². The Morgan fingerprint density at radius 2 is 1.72 bits per heavy atom. The van der Waals surface area contributed by atoms with Gasteiger partial charge in [-0.2, -0.15) is 0 Å². The Hall–Kier alpha value is -1.92. The smallest absolute Gasteiger partial charge is 0.242 e. The van der Waals surface area contributed by atoms with E-state index in [1.54, 1.807) is 0 Å². The molecule has 2 amide bonds. The molecule has 1 heterocycles. The normalized spacial score (nSPS) is 18.2. The highest BCUT2D eigenvalue weighted by atomic mass is 16.2. The maximum atomic E-state index is 12.2. The summed E-state index contributed by atoms with van der Waals surface area (Å²) < 4.78 is 0. The number of amides is 2. The fraction of sp³-hybridized carbons (Fsp3) is 0.579. The largest absolute Gasteiger partial charge is 0.346 e. The van der Waals surface area contributed by atoms with Gasteiger partial charge in [-0.3, -0.25) is 14.5 Å². The minimum absolute atomic E-state index is 0.00917. The minimum Gasteiger partial charge on any atom is -0.346 e. The summed E-state index contributed by atoms with van der Waals surface area (Å²) in [6.07, 6.45) is 2.53. The number of piperazine rings is 1. The van der Waals surface area contributed by atoms with Gasteiger partial charge in [0, 0.05) is 32.7 Å². The van der Waals surface area contributed by atoms with Crippen molar-refractivity contribution in [3.8, 4) is 0 Å². The van der Waals surface area contributed by atoms with Crippen molar-refractivity contribution >= 4 is 11.8 Å². The zero-order valence-corrected chi connectivity index (χ0v) is 14.7. The maximum Gasteiger partial charge on any atom is 0.242 e. The highest BCUT2D eigenvalue weighted by Gasteiger charge is 2.22. The Morgan fingerprint density at radius 3 is 2.40 bits per heavy atom. The van der Waals surface area contributed by atoms with Crippen molar-refractivity contribution in [3.05, 3.63) is 35.9 Å². The Kier molecular flexibility index (Phi) is 6.42. The van der Waals surface area contributed by atoms with Gasteiger partial charge in [0.2, 0.25) is 11.8 Å². The molecule has 1 saturated carbocycles. The molecule has 1 aromatic carbocycles. The molecule has 2 N–H and O–H groups in total.